The Labute approximate surface area is 164 Å². The molecular weight excluding hydrogens is 378 g/mol. The summed E-state index contributed by atoms with van der Waals surface area (Å²) in [6.45, 7) is 2.88. The highest BCUT2D eigenvalue weighted by Gasteiger charge is 2.37. The molecule has 0 bridgehead atoms. The van der Waals surface area contributed by atoms with Gasteiger partial charge in [-0.05, 0) is 37.1 Å². The summed E-state index contributed by atoms with van der Waals surface area (Å²) in [5.41, 5.74) is 1.76. The molecule has 0 unspecified atom stereocenters. The van der Waals surface area contributed by atoms with Crippen molar-refractivity contribution in [3.63, 3.8) is 0 Å². The van der Waals surface area contributed by atoms with Crippen molar-refractivity contribution in [2.75, 3.05) is 18.4 Å². The smallest absolute Gasteiger partial charge is 0.321 e. The maximum absolute atomic E-state index is 12.7. The van der Waals surface area contributed by atoms with Gasteiger partial charge < -0.3 is 15.0 Å². The quantitative estimate of drug-likeness (QED) is 0.769. The molecule has 2 atom stereocenters. The van der Waals surface area contributed by atoms with Gasteiger partial charge in [-0.15, -0.1) is 0 Å². The predicted molar refractivity (Wildman–Crippen MR) is 106 cm³/mol. The summed E-state index contributed by atoms with van der Waals surface area (Å²) in [6.07, 6.45) is 0.705. The van der Waals surface area contributed by atoms with Gasteiger partial charge in [0.15, 0.2) is 0 Å². The first-order valence-corrected chi connectivity index (χ1v) is 10.8. The number of fused-ring (bicyclic) bond motifs is 2. The van der Waals surface area contributed by atoms with Crippen molar-refractivity contribution in [1.29, 1.82) is 0 Å². The number of ether oxygens (including phenoxy) is 1. The van der Waals surface area contributed by atoms with E-state index in [1.807, 2.05) is 31.2 Å². The number of aryl methyl sites for hydroxylation is 1. The lowest BCUT2D eigenvalue weighted by Crippen LogP contribution is -2.43. The SMILES string of the molecule is Cc1ccccc1NC(=O)N1CC[C@@H]2NS(=O)(=O)c3ccccc3O[C@H]2CC1. The Hall–Kier alpha value is -2.58. The molecule has 0 spiro atoms. The van der Waals surface area contributed by atoms with E-state index in [4.69, 9.17) is 4.74 Å². The molecule has 0 radical (unpaired) electrons. The molecule has 2 heterocycles. The molecule has 8 heteroatoms. The van der Waals surface area contributed by atoms with Gasteiger partial charge in [-0.25, -0.2) is 17.9 Å². The molecule has 4 rings (SSSR count). The van der Waals surface area contributed by atoms with E-state index >= 15 is 0 Å². The third kappa shape index (κ3) is 3.70. The molecule has 2 N–H and O–H groups in total. The Kier molecular flexibility index (Phi) is 4.99. The molecule has 0 saturated carbocycles. The number of carbonyl (C=O) groups is 1. The number of carbonyl (C=O) groups excluding carboxylic acids is 1. The first-order chi connectivity index (χ1) is 13.4. The lowest BCUT2D eigenvalue weighted by atomic mass is 10.1. The standard InChI is InChI=1S/C20H23N3O4S/c1-14-6-2-3-7-15(14)21-20(24)23-12-10-16-17(11-13-23)27-18-8-4-5-9-19(18)28(25,26)22-16/h2-9,16-17,22H,10-13H2,1H3,(H,21,24)/t16-,17-/m0/s1. The number of anilines is 1. The van der Waals surface area contributed by atoms with Crippen LogP contribution in [0.1, 0.15) is 18.4 Å². The third-order valence-electron chi connectivity index (χ3n) is 5.24. The Bertz CT molecular complexity index is 992. The normalized spacial score (nSPS) is 23.4. The first-order valence-electron chi connectivity index (χ1n) is 9.33. The maximum Gasteiger partial charge on any atom is 0.321 e. The molecule has 2 aliphatic rings. The summed E-state index contributed by atoms with van der Waals surface area (Å²) < 4.78 is 34.1. The average Bonchev–Trinajstić information content (AvgIpc) is 2.92. The molecule has 0 aromatic heterocycles. The van der Waals surface area contributed by atoms with Crippen LogP contribution in [-0.4, -0.2) is 44.6 Å². The van der Waals surface area contributed by atoms with Gasteiger partial charge in [0.25, 0.3) is 0 Å². The predicted octanol–water partition coefficient (Wildman–Crippen LogP) is 2.73. The molecule has 7 nitrogen and oxygen atoms in total. The van der Waals surface area contributed by atoms with E-state index in [1.54, 1.807) is 29.2 Å². The summed E-state index contributed by atoms with van der Waals surface area (Å²) in [5.74, 6) is 0.361. The molecule has 28 heavy (non-hydrogen) atoms. The van der Waals surface area contributed by atoms with Crippen LogP contribution in [0.3, 0.4) is 0 Å². The second kappa shape index (κ2) is 7.44. The summed E-state index contributed by atoms with van der Waals surface area (Å²) in [4.78, 5) is 14.6. The van der Waals surface area contributed by atoms with Gasteiger partial charge in [-0.2, -0.15) is 0 Å². The highest BCUT2D eigenvalue weighted by Crippen LogP contribution is 2.31. The van der Waals surface area contributed by atoms with Crippen molar-refractivity contribution < 1.29 is 17.9 Å². The molecule has 2 aromatic carbocycles. The number of rotatable bonds is 1. The minimum Gasteiger partial charge on any atom is -0.487 e. The van der Waals surface area contributed by atoms with E-state index in [9.17, 15) is 13.2 Å². The van der Waals surface area contributed by atoms with Gasteiger partial charge >= 0.3 is 6.03 Å². The van der Waals surface area contributed by atoms with Crippen molar-refractivity contribution >= 4 is 21.7 Å². The number of para-hydroxylation sites is 2. The number of hydrogen-bond donors (Lipinski definition) is 2. The largest absolute Gasteiger partial charge is 0.487 e. The van der Waals surface area contributed by atoms with Crippen LogP contribution in [0, 0.1) is 6.92 Å². The topological polar surface area (TPSA) is 87.7 Å². The average molecular weight is 401 g/mol. The van der Waals surface area contributed by atoms with Crippen molar-refractivity contribution in [3.8, 4) is 5.75 Å². The van der Waals surface area contributed by atoms with E-state index in [-0.39, 0.29) is 23.1 Å². The monoisotopic (exact) mass is 401 g/mol. The second-order valence-electron chi connectivity index (χ2n) is 7.14. The molecule has 2 aromatic rings. The number of amides is 2. The van der Waals surface area contributed by atoms with Crippen LogP contribution in [0.25, 0.3) is 0 Å². The molecular formula is C20H23N3O4S. The zero-order valence-corrected chi connectivity index (χ0v) is 16.4. The van der Waals surface area contributed by atoms with Gasteiger partial charge in [-0.1, -0.05) is 30.3 Å². The molecule has 1 fully saturated rings. The molecule has 1 saturated heterocycles. The van der Waals surface area contributed by atoms with Crippen molar-refractivity contribution in [2.45, 2.75) is 36.8 Å². The van der Waals surface area contributed by atoms with E-state index in [0.29, 0.717) is 31.7 Å². The minimum absolute atomic E-state index is 0.164. The Morgan fingerprint density at radius 3 is 2.64 bits per heavy atom. The molecule has 2 amide bonds. The van der Waals surface area contributed by atoms with Crippen LogP contribution in [0.15, 0.2) is 53.4 Å². The van der Waals surface area contributed by atoms with Crippen LogP contribution in [0.5, 0.6) is 5.75 Å². The van der Waals surface area contributed by atoms with Gasteiger partial charge in [0.2, 0.25) is 10.0 Å². The van der Waals surface area contributed by atoms with E-state index in [0.717, 1.165) is 11.3 Å². The van der Waals surface area contributed by atoms with E-state index in [1.165, 1.54) is 0 Å². The molecule has 2 aliphatic heterocycles. The number of likely N-dealkylation sites (tertiary alicyclic amines) is 1. The first kappa shape index (κ1) is 18.8. The van der Waals surface area contributed by atoms with Crippen LogP contribution in [-0.2, 0) is 10.0 Å². The molecule has 148 valence electrons. The zero-order chi connectivity index (χ0) is 19.7. The van der Waals surface area contributed by atoms with E-state index < -0.39 is 10.0 Å². The van der Waals surface area contributed by atoms with Crippen molar-refractivity contribution in [2.24, 2.45) is 0 Å². The van der Waals surface area contributed by atoms with Crippen molar-refractivity contribution in [1.82, 2.24) is 9.62 Å². The Morgan fingerprint density at radius 2 is 1.82 bits per heavy atom. The molecule has 0 aliphatic carbocycles. The maximum atomic E-state index is 12.7. The lowest BCUT2D eigenvalue weighted by Gasteiger charge is -2.22. The second-order valence-corrected chi connectivity index (χ2v) is 8.82. The van der Waals surface area contributed by atoms with Crippen LogP contribution < -0.4 is 14.8 Å². The van der Waals surface area contributed by atoms with E-state index in [2.05, 4.69) is 10.0 Å². The highest BCUT2D eigenvalue weighted by atomic mass is 32.2. The number of nitrogens with zero attached hydrogens (tertiary/aromatic N) is 1. The Balaban J connectivity index is 1.50. The summed E-state index contributed by atoms with van der Waals surface area (Å²) in [5, 5.41) is 2.94. The summed E-state index contributed by atoms with van der Waals surface area (Å²) >= 11 is 0. The lowest BCUT2D eigenvalue weighted by molar-refractivity contribution is 0.157. The fourth-order valence-electron chi connectivity index (χ4n) is 3.66. The summed E-state index contributed by atoms with van der Waals surface area (Å²) in [6, 6.07) is 13.7. The van der Waals surface area contributed by atoms with Gasteiger partial charge in [0, 0.05) is 25.2 Å². The van der Waals surface area contributed by atoms with Crippen LogP contribution >= 0.6 is 0 Å². The summed E-state index contributed by atoms with van der Waals surface area (Å²) in [7, 11) is -3.65. The Morgan fingerprint density at radius 1 is 1.11 bits per heavy atom. The van der Waals surface area contributed by atoms with Crippen LogP contribution in [0.4, 0.5) is 10.5 Å². The number of hydrogen-bond acceptors (Lipinski definition) is 4. The number of sulfonamides is 1. The highest BCUT2D eigenvalue weighted by molar-refractivity contribution is 7.89. The van der Waals surface area contributed by atoms with Crippen molar-refractivity contribution in [3.05, 3.63) is 54.1 Å². The van der Waals surface area contributed by atoms with Gasteiger partial charge in [-0.3, -0.25) is 0 Å². The third-order valence-corrected chi connectivity index (χ3v) is 6.77. The zero-order valence-electron chi connectivity index (χ0n) is 15.6. The van der Waals surface area contributed by atoms with Crippen LogP contribution in [0.2, 0.25) is 0 Å². The fourth-order valence-corrected chi connectivity index (χ4v) is 5.09. The number of benzene rings is 2. The number of nitrogens with one attached hydrogen (secondary N) is 2. The van der Waals surface area contributed by atoms with Gasteiger partial charge in [0.1, 0.15) is 16.7 Å². The number of urea groups is 1. The minimum atomic E-state index is -3.65. The van der Waals surface area contributed by atoms with Gasteiger partial charge in [0.05, 0.1) is 6.04 Å². The fraction of sp³-hybridized carbons (Fsp3) is 0.350.